The Morgan fingerprint density at radius 3 is 3.05 bits per heavy atom. The zero-order valence-corrected chi connectivity index (χ0v) is 11.6. The summed E-state index contributed by atoms with van der Waals surface area (Å²) in [6.07, 6.45) is 3.64. The molecular weight excluding hydrogens is 266 g/mol. The molecule has 6 heteroatoms. The summed E-state index contributed by atoms with van der Waals surface area (Å²) in [5.41, 5.74) is 3.81. The molecule has 2 N–H and O–H groups in total. The predicted octanol–water partition coefficient (Wildman–Crippen LogP) is 1.43. The van der Waals surface area contributed by atoms with E-state index >= 15 is 0 Å². The van der Waals surface area contributed by atoms with Gasteiger partial charge in [0.2, 0.25) is 5.95 Å². The first-order valence-electron chi connectivity index (χ1n) is 6.89. The molecule has 1 aromatic carbocycles. The van der Waals surface area contributed by atoms with Gasteiger partial charge >= 0.3 is 0 Å². The van der Waals surface area contributed by atoms with E-state index in [1.54, 1.807) is 12.5 Å². The molecule has 2 atom stereocenters. The van der Waals surface area contributed by atoms with E-state index in [4.69, 9.17) is 0 Å². The number of benzene rings is 1. The van der Waals surface area contributed by atoms with E-state index in [0.29, 0.717) is 18.0 Å². The van der Waals surface area contributed by atoms with Crippen molar-refractivity contribution >= 4 is 17.1 Å². The first-order valence-corrected chi connectivity index (χ1v) is 6.89. The van der Waals surface area contributed by atoms with Gasteiger partial charge in [-0.15, -0.1) is 0 Å². The van der Waals surface area contributed by atoms with Crippen molar-refractivity contribution in [1.82, 2.24) is 19.5 Å². The van der Waals surface area contributed by atoms with Gasteiger partial charge in [0.15, 0.2) is 5.65 Å². The first-order chi connectivity index (χ1) is 10.2. The number of hydrogen-bond acceptors (Lipinski definition) is 5. The third-order valence-corrected chi connectivity index (χ3v) is 3.97. The molecule has 0 bridgehead atoms. The molecule has 1 aliphatic rings. The second kappa shape index (κ2) is 4.53. The molecule has 0 radical (unpaired) electrons. The van der Waals surface area contributed by atoms with E-state index in [0.717, 1.165) is 11.1 Å². The van der Waals surface area contributed by atoms with Crippen molar-refractivity contribution in [2.24, 2.45) is 7.05 Å². The summed E-state index contributed by atoms with van der Waals surface area (Å²) < 4.78 is 1.87. The van der Waals surface area contributed by atoms with E-state index in [1.807, 2.05) is 35.9 Å². The fourth-order valence-electron chi connectivity index (χ4n) is 2.87. The van der Waals surface area contributed by atoms with E-state index in [1.165, 1.54) is 5.56 Å². The van der Waals surface area contributed by atoms with Gasteiger partial charge in [0, 0.05) is 13.5 Å². The van der Waals surface area contributed by atoms with Crippen molar-refractivity contribution in [2.45, 2.75) is 18.6 Å². The Labute approximate surface area is 121 Å². The summed E-state index contributed by atoms with van der Waals surface area (Å²) in [4.78, 5) is 12.9. The van der Waals surface area contributed by atoms with Gasteiger partial charge in [-0.25, -0.2) is 9.97 Å². The van der Waals surface area contributed by atoms with Crippen LogP contribution in [0.1, 0.15) is 17.2 Å². The fraction of sp³-hybridized carbons (Fsp3) is 0.267. The quantitative estimate of drug-likeness (QED) is 0.743. The van der Waals surface area contributed by atoms with Gasteiger partial charge in [-0.2, -0.15) is 4.98 Å². The second-order valence-electron chi connectivity index (χ2n) is 5.35. The molecule has 0 unspecified atom stereocenters. The molecule has 3 aromatic rings. The van der Waals surface area contributed by atoms with Crippen LogP contribution in [0.4, 0.5) is 5.95 Å². The van der Waals surface area contributed by atoms with E-state index in [2.05, 4.69) is 20.3 Å². The van der Waals surface area contributed by atoms with E-state index in [-0.39, 0.29) is 6.04 Å². The number of hydrogen-bond donors (Lipinski definition) is 2. The highest BCUT2D eigenvalue weighted by molar-refractivity contribution is 5.70. The van der Waals surface area contributed by atoms with Crippen LogP contribution in [0.2, 0.25) is 0 Å². The second-order valence-corrected chi connectivity index (χ2v) is 5.35. The highest BCUT2D eigenvalue weighted by Gasteiger charge is 2.31. The van der Waals surface area contributed by atoms with Crippen LogP contribution in [-0.2, 0) is 13.5 Å². The fourth-order valence-corrected chi connectivity index (χ4v) is 2.87. The van der Waals surface area contributed by atoms with Crippen molar-refractivity contribution in [3.8, 4) is 0 Å². The van der Waals surface area contributed by atoms with Crippen LogP contribution < -0.4 is 5.32 Å². The zero-order valence-electron chi connectivity index (χ0n) is 11.6. The lowest BCUT2D eigenvalue weighted by molar-refractivity contribution is 0.165. The molecule has 21 heavy (non-hydrogen) atoms. The van der Waals surface area contributed by atoms with Crippen LogP contribution in [0.5, 0.6) is 0 Å². The molecule has 2 heterocycles. The van der Waals surface area contributed by atoms with Crippen LogP contribution in [-0.4, -0.2) is 30.7 Å². The number of aliphatic hydroxyl groups is 1. The number of imidazole rings is 1. The molecule has 4 rings (SSSR count). The summed E-state index contributed by atoms with van der Waals surface area (Å²) in [5.74, 6) is 0.488. The molecule has 0 aliphatic heterocycles. The number of rotatable bonds is 2. The smallest absolute Gasteiger partial charge is 0.225 e. The first kappa shape index (κ1) is 12.3. The summed E-state index contributed by atoms with van der Waals surface area (Å²) in [6.45, 7) is 0. The Morgan fingerprint density at radius 2 is 2.14 bits per heavy atom. The minimum absolute atomic E-state index is 0.178. The maximum absolute atomic E-state index is 10.3. The molecule has 6 nitrogen and oxygen atoms in total. The van der Waals surface area contributed by atoms with Crippen molar-refractivity contribution < 1.29 is 5.11 Å². The van der Waals surface area contributed by atoms with Crippen LogP contribution in [0, 0.1) is 0 Å². The average molecular weight is 281 g/mol. The van der Waals surface area contributed by atoms with Gasteiger partial charge in [-0.05, 0) is 11.1 Å². The standard InChI is InChI=1S/C15H15N5O/c1-20-8-17-14-11(20)7-16-15(19-14)18-13-10-5-3-2-4-9(10)6-12(13)21/h2-5,7-8,12-13,21H,6H2,1H3,(H,16,18,19)/t12-,13+/m0/s1. The average Bonchev–Trinajstić information content (AvgIpc) is 3.01. The number of fused-ring (bicyclic) bond motifs is 2. The maximum atomic E-state index is 10.3. The Bertz CT molecular complexity index is 813. The van der Waals surface area contributed by atoms with E-state index < -0.39 is 6.10 Å². The van der Waals surface area contributed by atoms with Crippen LogP contribution >= 0.6 is 0 Å². The summed E-state index contributed by atoms with van der Waals surface area (Å²) in [6, 6.07) is 7.87. The Morgan fingerprint density at radius 1 is 1.29 bits per heavy atom. The predicted molar refractivity (Wildman–Crippen MR) is 78.8 cm³/mol. The topological polar surface area (TPSA) is 75.9 Å². The summed E-state index contributed by atoms with van der Waals surface area (Å²) >= 11 is 0. The lowest BCUT2D eigenvalue weighted by Crippen LogP contribution is -2.22. The van der Waals surface area contributed by atoms with Gasteiger partial charge in [-0.3, -0.25) is 0 Å². The maximum Gasteiger partial charge on any atom is 0.225 e. The van der Waals surface area contributed by atoms with Gasteiger partial charge in [0.05, 0.1) is 24.7 Å². The number of nitrogens with one attached hydrogen (secondary N) is 1. The molecule has 106 valence electrons. The molecule has 0 saturated heterocycles. The van der Waals surface area contributed by atoms with Crippen LogP contribution in [0.3, 0.4) is 0 Å². The number of anilines is 1. The van der Waals surface area contributed by atoms with Gasteiger partial charge in [-0.1, -0.05) is 24.3 Å². The zero-order chi connectivity index (χ0) is 14.4. The van der Waals surface area contributed by atoms with Crippen LogP contribution in [0.15, 0.2) is 36.8 Å². The minimum atomic E-state index is -0.467. The Hall–Kier alpha value is -2.47. The highest BCUT2D eigenvalue weighted by Crippen LogP contribution is 2.33. The highest BCUT2D eigenvalue weighted by atomic mass is 16.3. The lowest BCUT2D eigenvalue weighted by Gasteiger charge is -2.17. The molecule has 0 fully saturated rings. The monoisotopic (exact) mass is 281 g/mol. The lowest BCUT2D eigenvalue weighted by atomic mass is 10.1. The number of aryl methyl sites for hydroxylation is 1. The van der Waals surface area contributed by atoms with E-state index in [9.17, 15) is 5.11 Å². The largest absolute Gasteiger partial charge is 0.390 e. The normalized spacial score (nSPS) is 20.7. The Balaban J connectivity index is 1.68. The third kappa shape index (κ3) is 1.95. The number of aliphatic hydroxyl groups excluding tert-OH is 1. The number of nitrogens with zero attached hydrogens (tertiary/aromatic N) is 4. The molecule has 1 aliphatic carbocycles. The van der Waals surface area contributed by atoms with Crippen molar-refractivity contribution in [3.05, 3.63) is 47.9 Å². The van der Waals surface area contributed by atoms with Crippen molar-refractivity contribution in [3.63, 3.8) is 0 Å². The van der Waals surface area contributed by atoms with Crippen molar-refractivity contribution in [1.29, 1.82) is 0 Å². The SMILES string of the molecule is Cn1cnc2nc(N[C@@H]3c4ccccc4C[C@@H]3O)ncc21. The van der Waals surface area contributed by atoms with Gasteiger partial charge in [0.1, 0.15) is 5.52 Å². The van der Waals surface area contributed by atoms with Crippen molar-refractivity contribution in [2.75, 3.05) is 5.32 Å². The van der Waals surface area contributed by atoms with Gasteiger partial charge in [0.25, 0.3) is 0 Å². The third-order valence-electron chi connectivity index (χ3n) is 3.97. The molecule has 0 spiro atoms. The summed E-state index contributed by atoms with van der Waals surface area (Å²) in [5, 5.41) is 13.5. The summed E-state index contributed by atoms with van der Waals surface area (Å²) in [7, 11) is 1.91. The number of aromatic nitrogens is 4. The minimum Gasteiger partial charge on any atom is -0.390 e. The van der Waals surface area contributed by atoms with Crippen LogP contribution in [0.25, 0.3) is 11.2 Å². The molecule has 2 aromatic heterocycles. The molecule has 0 saturated carbocycles. The molecule has 0 amide bonds. The molecular formula is C15H15N5O. The Kier molecular flexibility index (Phi) is 2.65. The van der Waals surface area contributed by atoms with Gasteiger partial charge < -0.3 is 15.0 Å².